The second kappa shape index (κ2) is 9.87. The molecule has 0 radical (unpaired) electrons. The number of nitrogens with one attached hydrogen (secondary N) is 1. The maximum atomic E-state index is 6.12. The van der Waals surface area contributed by atoms with Crippen molar-refractivity contribution in [1.29, 1.82) is 0 Å². The number of tetrazole rings is 1. The summed E-state index contributed by atoms with van der Waals surface area (Å²) in [7, 11) is 0. The SMILES string of the molecule is CCCCCCn1nnnc1C(Nc1ccc2c(c1)OC(C)(CC)O2)c1cnn(C2CCC2)c1C. The maximum absolute atomic E-state index is 6.12. The number of aromatic nitrogens is 6. The summed E-state index contributed by atoms with van der Waals surface area (Å²) in [4.78, 5) is 0. The van der Waals surface area contributed by atoms with E-state index < -0.39 is 5.79 Å². The molecule has 0 amide bonds. The van der Waals surface area contributed by atoms with Crippen LogP contribution in [-0.4, -0.2) is 35.8 Å². The van der Waals surface area contributed by atoms with E-state index in [9.17, 15) is 0 Å². The molecule has 3 aromatic rings. The maximum Gasteiger partial charge on any atom is 0.248 e. The van der Waals surface area contributed by atoms with Crippen LogP contribution in [0.3, 0.4) is 0 Å². The lowest BCUT2D eigenvalue weighted by atomic mass is 9.93. The number of ether oxygens (including phenoxy) is 2. The fourth-order valence-electron chi connectivity index (χ4n) is 4.83. The third-order valence-electron chi connectivity index (χ3n) is 7.40. The summed E-state index contributed by atoms with van der Waals surface area (Å²) in [6, 6.07) is 6.25. The van der Waals surface area contributed by atoms with E-state index in [2.05, 4.69) is 46.3 Å². The minimum atomic E-state index is -0.622. The molecular weight excluding hydrogens is 442 g/mol. The molecule has 9 nitrogen and oxygen atoms in total. The number of hydrogen-bond donors (Lipinski definition) is 1. The number of nitrogens with zero attached hydrogens (tertiary/aromatic N) is 6. The predicted octanol–water partition coefficient (Wildman–Crippen LogP) is 5.58. The van der Waals surface area contributed by atoms with Gasteiger partial charge in [-0.15, -0.1) is 5.10 Å². The van der Waals surface area contributed by atoms with Crippen molar-refractivity contribution in [3.05, 3.63) is 41.5 Å². The highest BCUT2D eigenvalue weighted by Gasteiger charge is 2.35. The van der Waals surface area contributed by atoms with Crippen LogP contribution in [0.15, 0.2) is 24.4 Å². The minimum Gasteiger partial charge on any atom is -0.449 e. The fourth-order valence-corrected chi connectivity index (χ4v) is 4.83. The summed E-state index contributed by atoms with van der Waals surface area (Å²) < 4.78 is 16.2. The van der Waals surface area contributed by atoms with Crippen LogP contribution < -0.4 is 14.8 Å². The van der Waals surface area contributed by atoms with E-state index in [1.807, 2.05) is 36.0 Å². The quantitative estimate of drug-likeness (QED) is 0.359. The van der Waals surface area contributed by atoms with E-state index in [4.69, 9.17) is 14.6 Å². The summed E-state index contributed by atoms with van der Waals surface area (Å²) in [6.45, 7) is 9.19. The number of unbranched alkanes of at least 4 members (excludes halogenated alkanes) is 3. The molecule has 5 rings (SSSR count). The molecule has 1 saturated carbocycles. The summed E-state index contributed by atoms with van der Waals surface area (Å²) >= 11 is 0. The highest BCUT2D eigenvalue weighted by atomic mass is 16.7. The molecule has 1 aliphatic heterocycles. The molecule has 188 valence electrons. The molecule has 3 heterocycles. The predicted molar refractivity (Wildman–Crippen MR) is 134 cm³/mol. The molecule has 1 aliphatic carbocycles. The Balaban J connectivity index is 1.45. The number of aryl methyl sites for hydroxylation is 1. The summed E-state index contributed by atoms with van der Waals surface area (Å²) in [5.74, 6) is 1.70. The zero-order valence-electron chi connectivity index (χ0n) is 21.3. The third kappa shape index (κ3) is 4.73. The number of fused-ring (bicyclic) bond motifs is 1. The third-order valence-corrected chi connectivity index (χ3v) is 7.40. The Bertz CT molecular complexity index is 1150. The smallest absolute Gasteiger partial charge is 0.248 e. The second-order valence-corrected chi connectivity index (χ2v) is 9.97. The molecule has 2 aliphatic rings. The van der Waals surface area contributed by atoms with Crippen molar-refractivity contribution in [1.82, 2.24) is 30.0 Å². The molecule has 0 bridgehead atoms. The number of rotatable bonds is 11. The lowest BCUT2D eigenvalue weighted by Gasteiger charge is -2.27. The van der Waals surface area contributed by atoms with Gasteiger partial charge in [0.05, 0.1) is 12.2 Å². The van der Waals surface area contributed by atoms with Gasteiger partial charge in [-0.05, 0) is 55.2 Å². The average molecular weight is 480 g/mol. The lowest BCUT2D eigenvalue weighted by Crippen LogP contribution is -2.33. The second-order valence-electron chi connectivity index (χ2n) is 9.97. The summed E-state index contributed by atoms with van der Waals surface area (Å²) in [5.41, 5.74) is 3.18. The van der Waals surface area contributed by atoms with E-state index in [0.29, 0.717) is 6.04 Å². The van der Waals surface area contributed by atoms with Crippen molar-refractivity contribution >= 4 is 5.69 Å². The molecule has 1 fully saturated rings. The van der Waals surface area contributed by atoms with Gasteiger partial charge in [0.25, 0.3) is 0 Å². The molecule has 9 heteroatoms. The van der Waals surface area contributed by atoms with Crippen LogP contribution in [0.5, 0.6) is 11.5 Å². The van der Waals surface area contributed by atoms with E-state index in [0.717, 1.165) is 53.7 Å². The van der Waals surface area contributed by atoms with Crippen LogP contribution in [0.1, 0.15) is 101 Å². The van der Waals surface area contributed by atoms with E-state index in [-0.39, 0.29) is 6.04 Å². The van der Waals surface area contributed by atoms with Crippen molar-refractivity contribution in [3.63, 3.8) is 0 Å². The first-order valence-corrected chi connectivity index (χ1v) is 13.1. The van der Waals surface area contributed by atoms with E-state index in [1.54, 1.807) is 0 Å². The monoisotopic (exact) mass is 479 g/mol. The van der Waals surface area contributed by atoms with Gasteiger partial charge < -0.3 is 14.8 Å². The van der Waals surface area contributed by atoms with Crippen LogP contribution in [-0.2, 0) is 6.54 Å². The van der Waals surface area contributed by atoms with Gasteiger partial charge in [-0.2, -0.15) is 5.10 Å². The standard InChI is InChI=1S/C26H37N7O2/c1-5-7-8-9-15-32-25(29-30-31-32)24(21-17-27-33(18(21)3)20-11-10-12-20)28-19-13-14-22-23(16-19)35-26(4,6-2)34-22/h13-14,16-17,20,24,28H,5-12,15H2,1-4H3. The molecule has 0 saturated heterocycles. The van der Waals surface area contributed by atoms with Crippen LogP contribution >= 0.6 is 0 Å². The summed E-state index contributed by atoms with van der Waals surface area (Å²) in [6.07, 6.45) is 11.0. The Labute approximate surface area is 207 Å². The first-order valence-electron chi connectivity index (χ1n) is 13.1. The van der Waals surface area contributed by atoms with E-state index in [1.165, 1.54) is 38.5 Å². The molecule has 2 atom stereocenters. The zero-order valence-corrected chi connectivity index (χ0v) is 21.3. The highest BCUT2D eigenvalue weighted by Crippen LogP contribution is 2.43. The Kier molecular flexibility index (Phi) is 6.67. The van der Waals surface area contributed by atoms with Crippen LogP contribution in [0.25, 0.3) is 0 Å². The molecule has 1 aromatic carbocycles. The zero-order chi connectivity index (χ0) is 24.4. The van der Waals surface area contributed by atoms with Crippen molar-refractivity contribution in [2.75, 3.05) is 5.32 Å². The van der Waals surface area contributed by atoms with Gasteiger partial charge in [-0.25, -0.2) is 4.68 Å². The lowest BCUT2D eigenvalue weighted by molar-refractivity contribution is -0.0640. The molecule has 2 unspecified atom stereocenters. The van der Waals surface area contributed by atoms with Crippen molar-refractivity contribution in [2.24, 2.45) is 0 Å². The topological polar surface area (TPSA) is 91.9 Å². The first-order chi connectivity index (χ1) is 17.0. The number of anilines is 1. The van der Waals surface area contributed by atoms with Crippen molar-refractivity contribution < 1.29 is 9.47 Å². The molecular formula is C26H37N7O2. The van der Waals surface area contributed by atoms with Gasteiger partial charge in [-0.1, -0.05) is 33.1 Å². The molecule has 2 aromatic heterocycles. The summed E-state index contributed by atoms with van der Waals surface area (Å²) in [5, 5.41) is 21.3. The Hall–Kier alpha value is -3.10. The van der Waals surface area contributed by atoms with E-state index >= 15 is 0 Å². The van der Waals surface area contributed by atoms with Gasteiger partial charge in [-0.3, -0.25) is 4.68 Å². The Morgan fingerprint density at radius 2 is 1.97 bits per heavy atom. The van der Waals surface area contributed by atoms with Gasteiger partial charge in [0.2, 0.25) is 5.79 Å². The minimum absolute atomic E-state index is 0.233. The number of benzene rings is 1. The van der Waals surface area contributed by atoms with Crippen molar-refractivity contribution in [2.45, 2.75) is 103 Å². The fraction of sp³-hybridized carbons (Fsp3) is 0.615. The highest BCUT2D eigenvalue weighted by molar-refractivity contribution is 5.58. The van der Waals surface area contributed by atoms with Gasteiger partial charge in [0.1, 0.15) is 6.04 Å². The number of hydrogen-bond acceptors (Lipinski definition) is 7. The Morgan fingerprint density at radius 1 is 1.14 bits per heavy atom. The Morgan fingerprint density at radius 3 is 2.71 bits per heavy atom. The molecule has 1 N–H and O–H groups in total. The first kappa shape index (κ1) is 23.6. The van der Waals surface area contributed by atoms with Crippen molar-refractivity contribution in [3.8, 4) is 11.5 Å². The van der Waals surface area contributed by atoms with Crippen LogP contribution in [0, 0.1) is 6.92 Å². The van der Waals surface area contributed by atoms with Crippen LogP contribution in [0.2, 0.25) is 0 Å². The molecule has 35 heavy (non-hydrogen) atoms. The van der Waals surface area contributed by atoms with Gasteiger partial charge >= 0.3 is 0 Å². The van der Waals surface area contributed by atoms with Crippen LogP contribution in [0.4, 0.5) is 5.69 Å². The normalized spacial score (nSPS) is 20.1. The molecule has 0 spiro atoms. The average Bonchev–Trinajstić information content (AvgIpc) is 3.52. The van der Waals surface area contributed by atoms with Gasteiger partial charge in [0.15, 0.2) is 17.3 Å². The van der Waals surface area contributed by atoms with Gasteiger partial charge in [0, 0.05) is 42.9 Å². The largest absolute Gasteiger partial charge is 0.449 e.